The minimum atomic E-state index is 0. The summed E-state index contributed by atoms with van der Waals surface area (Å²) >= 11 is 0. The third kappa shape index (κ3) is 52.2. The number of rotatable bonds is 0. The first kappa shape index (κ1) is 43.8. The van der Waals surface area contributed by atoms with Crippen molar-refractivity contribution >= 4 is 19.4 Å². The van der Waals surface area contributed by atoms with E-state index in [1.54, 1.807) is 0 Å². The maximum atomic E-state index is 4.00. The fraction of sp³-hybridized carbons (Fsp3) is 0. The van der Waals surface area contributed by atoms with Crippen molar-refractivity contribution in [2.45, 2.75) is 0 Å². The Balaban J connectivity index is -0.00000000500. The van der Waals surface area contributed by atoms with Crippen LogP contribution in [0.1, 0.15) is 0 Å². The van der Waals surface area contributed by atoms with Gasteiger partial charge in [0.25, 0.3) is 0 Å². The van der Waals surface area contributed by atoms with Crippen molar-refractivity contribution in [1.29, 1.82) is 0 Å². The fourth-order valence-electron chi connectivity index (χ4n) is 0. The molecule has 0 aromatic rings. The fourth-order valence-corrected chi connectivity index (χ4v) is 0. The number of terminal acetylenes is 1. The Kier molecular flexibility index (Phi) is 4220. The van der Waals surface area contributed by atoms with Crippen LogP contribution in [0.25, 0.3) is 0 Å². The lowest BCUT2D eigenvalue weighted by Crippen LogP contribution is -0.576. The van der Waals surface area contributed by atoms with Gasteiger partial charge in [-0.2, -0.15) is 0 Å². The Hall–Kier alpha value is -0.158. The summed E-state index contributed by atoms with van der Waals surface area (Å²) in [5, 5.41) is 0. The van der Waals surface area contributed by atoms with E-state index in [9.17, 15) is 0 Å². The molecule has 4 heavy (non-hydrogen) atoms. The predicted molar refractivity (Wildman–Crippen MR) is 27.0 cm³/mol. The van der Waals surface area contributed by atoms with E-state index in [-0.39, 0.29) is 19.4 Å². The molecular weight excluding hydrogens is 62.9 g/mol. The minimum Gasteiger partial charge on any atom is -0.124 e. The van der Waals surface area contributed by atoms with Crippen molar-refractivity contribution in [3.05, 3.63) is 0 Å². The van der Waals surface area contributed by atoms with Crippen molar-refractivity contribution in [3.8, 4) is 12.8 Å². The lowest BCUT2D eigenvalue weighted by atomic mass is 10.8. The molecule has 0 unspecified atom stereocenters. The molecule has 0 N–H and O–H groups in total. The highest BCUT2D eigenvalue weighted by Crippen LogP contribution is 0.579. The van der Waals surface area contributed by atoms with Crippen LogP contribution < -0.4 is 0 Å². The van der Waals surface area contributed by atoms with Gasteiger partial charge in [-0.15, -0.1) is 12.8 Å². The summed E-state index contributed by atoms with van der Waals surface area (Å²) in [7, 11) is 0. The second-order valence-corrected chi connectivity index (χ2v) is 0. The quantitative estimate of drug-likeness (QED) is 0.238. The van der Waals surface area contributed by atoms with Gasteiger partial charge >= 0.3 is 0 Å². The van der Waals surface area contributed by atoms with E-state index in [1.807, 2.05) is 0 Å². The third-order valence-corrected chi connectivity index (χ3v) is 0. The molecule has 0 bridgehead atoms. The third-order valence-electron chi connectivity index (χ3n) is 0. The first-order chi connectivity index (χ1) is 1.00. The first-order valence-electron chi connectivity index (χ1n) is 0.333. The topological polar surface area (TPSA) is 0 Å². The van der Waals surface area contributed by atoms with Crippen molar-refractivity contribution in [3.63, 3.8) is 0 Å². The Labute approximate surface area is 33.2 Å². The summed E-state index contributed by atoms with van der Waals surface area (Å²) in [5.74, 6) is 0. The molecule has 0 atom stereocenters. The molecule has 21 valence electrons. The first-order valence-corrected chi connectivity index (χ1v) is 0.333. The molecule has 0 aliphatic carbocycles. The van der Waals surface area contributed by atoms with Crippen LogP contribution in [0.15, 0.2) is 0 Å². The molecule has 2 heteroatoms. The maximum absolute atomic E-state index is 4.00. The summed E-state index contributed by atoms with van der Waals surface area (Å²) in [6.45, 7) is 0. The van der Waals surface area contributed by atoms with Gasteiger partial charge in [-0.3, -0.25) is 0 Å². The molecule has 0 saturated carbocycles. The molecule has 0 saturated heterocycles. The van der Waals surface area contributed by atoms with Crippen molar-refractivity contribution < 1.29 is 0 Å². The standard InChI is InChI=1S/C2H2.B.H4Si/c1-2;;/h1-2H;;1H4. The van der Waals surface area contributed by atoms with E-state index in [0.717, 1.165) is 0 Å². The highest BCUT2D eigenvalue weighted by atomic mass is 28.1. The molecule has 0 spiro atoms. The van der Waals surface area contributed by atoms with E-state index in [0.29, 0.717) is 0 Å². The molecule has 0 aromatic carbocycles. The summed E-state index contributed by atoms with van der Waals surface area (Å²) in [4.78, 5) is 0. The van der Waals surface area contributed by atoms with Gasteiger partial charge in [0.15, 0.2) is 0 Å². The Bertz CT molecular complexity index is 10.8. The Morgan fingerprint density at radius 1 is 1.00 bits per heavy atom. The monoisotopic (exact) mass is 69.0 g/mol. The van der Waals surface area contributed by atoms with E-state index in [1.165, 1.54) is 0 Å². The van der Waals surface area contributed by atoms with Crippen LogP contribution in [0.3, 0.4) is 0 Å². The van der Waals surface area contributed by atoms with E-state index in [2.05, 4.69) is 12.8 Å². The van der Waals surface area contributed by atoms with Gasteiger partial charge in [0.05, 0.1) is 0 Å². The van der Waals surface area contributed by atoms with Crippen molar-refractivity contribution in [2.75, 3.05) is 0 Å². The summed E-state index contributed by atoms with van der Waals surface area (Å²) in [6, 6.07) is 0. The maximum Gasteiger partial charge on any atom is 0 e. The second kappa shape index (κ2) is 385. The normalized spacial score (nSPS) is 0.500. The smallest absolute Gasteiger partial charge is 0 e. The molecule has 3 radical (unpaired) electrons. The lowest BCUT2D eigenvalue weighted by molar-refractivity contribution is 3.31. The van der Waals surface area contributed by atoms with E-state index >= 15 is 0 Å². The number of hydrogen-bond acceptors (Lipinski definition) is 0. The van der Waals surface area contributed by atoms with Crippen LogP contribution in [0.4, 0.5) is 0 Å². The van der Waals surface area contributed by atoms with Crippen LogP contribution in [0, 0.1) is 12.8 Å². The van der Waals surface area contributed by atoms with Crippen LogP contribution in [-0.4, -0.2) is 19.4 Å². The van der Waals surface area contributed by atoms with Crippen LogP contribution in [0.2, 0.25) is 0 Å². The lowest BCUT2D eigenvalue weighted by Gasteiger charge is -0.701. The average Bonchev–Trinajstić information content (AvgIpc) is 1.00. The second-order valence-electron chi connectivity index (χ2n) is 0. The zero-order valence-corrected chi connectivity index (χ0v) is 1.73. The van der Waals surface area contributed by atoms with E-state index < -0.39 is 0 Å². The van der Waals surface area contributed by atoms with Gasteiger partial charge in [-0.1, -0.05) is 0 Å². The Morgan fingerprint density at radius 2 is 1.00 bits per heavy atom. The zero-order valence-electron chi connectivity index (χ0n) is 1.73. The van der Waals surface area contributed by atoms with Gasteiger partial charge in [-0.05, 0) is 11.0 Å². The van der Waals surface area contributed by atoms with Crippen LogP contribution >= 0.6 is 0 Å². The zero-order chi connectivity index (χ0) is 2.00. The average molecular weight is 69.0 g/mol. The van der Waals surface area contributed by atoms with Gasteiger partial charge in [0, 0.05) is 8.41 Å². The molecule has 0 aliphatic heterocycles. The predicted octanol–water partition coefficient (Wildman–Crippen LogP) is -1.58. The van der Waals surface area contributed by atoms with Gasteiger partial charge in [0.2, 0.25) is 0 Å². The summed E-state index contributed by atoms with van der Waals surface area (Å²) in [5.41, 5.74) is 0. The molecule has 0 aliphatic rings. The SMILES string of the molecule is C#C.[B].[SiH4]. The largest absolute Gasteiger partial charge is 0.124 e. The highest BCUT2D eigenvalue weighted by molar-refractivity contribution is 5.76. The van der Waals surface area contributed by atoms with Crippen LogP contribution in [0.5, 0.6) is 0 Å². The summed E-state index contributed by atoms with van der Waals surface area (Å²) < 4.78 is 0. The summed E-state index contributed by atoms with van der Waals surface area (Å²) in [6.07, 6.45) is 8.00. The van der Waals surface area contributed by atoms with Gasteiger partial charge in [-0.25, -0.2) is 0 Å². The molecule has 0 aromatic heterocycles. The minimum absolute atomic E-state index is 0. The van der Waals surface area contributed by atoms with Gasteiger partial charge < -0.3 is 0 Å². The molecule has 0 heterocycles. The molecule has 0 amide bonds. The number of hydrogen-bond donors (Lipinski definition) is 0. The van der Waals surface area contributed by atoms with Crippen LogP contribution in [-0.2, 0) is 0 Å². The van der Waals surface area contributed by atoms with Crippen molar-refractivity contribution in [1.82, 2.24) is 0 Å². The van der Waals surface area contributed by atoms with E-state index in [4.69, 9.17) is 0 Å². The Morgan fingerprint density at radius 3 is 1.00 bits per heavy atom. The molecule has 0 fully saturated rings. The molecule has 0 rings (SSSR count). The van der Waals surface area contributed by atoms with Crippen molar-refractivity contribution in [2.24, 2.45) is 0 Å². The highest BCUT2D eigenvalue weighted by Gasteiger charge is 0.454. The van der Waals surface area contributed by atoms with Gasteiger partial charge in [0.1, 0.15) is 0 Å². The molecular formula is C2H6BSi. The molecule has 0 nitrogen and oxygen atoms in total.